The van der Waals surface area contributed by atoms with Crippen LogP contribution in [0.3, 0.4) is 0 Å². The van der Waals surface area contributed by atoms with E-state index in [1.165, 1.54) is 0 Å². The Morgan fingerprint density at radius 1 is 0.487 bits per heavy atom. The molecule has 2 atom stereocenters. The fourth-order valence-electron chi connectivity index (χ4n) is 3.91. The van der Waals surface area contributed by atoms with Gasteiger partial charge in [-0.2, -0.15) is 0 Å². The molecule has 0 saturated carbocycles. The van der Waals surface area contributed by atoms with Gasteiger partial charge in [-0.05, 0) is 70.8 Å². The van der Waals surface area contributed by atoms with Crippen LogP contribution in [0.15, 0.2) is 97.1 Å². The van der Waals surface area contributed by atoms with Crippen molar-refractivity contribution in [3.05, 3.63) is 149 Å². The summed E-state index contributed by atoms with van der Waals surface area (Å²) >= 11 is 36.7. The fourth-order valence-corrected chi connectivity index (χ4v) is 6.76. The topological polar surface area (TPSA) is 34.1 Å². The van der Waals surface area contributed by atoms with E-state index in [0.29, 0.717) is 52.4 Å². The molecule has 0 N–H and O–H groups in total. The normalized spacial score (nSPS) is 13.7. The average Bonchev–Trinajstić information content (AvgIpc) is 2.90. The second kappa shape index (κ2) is 13.1. The molecule has 0 saturated heterocycles. The van der Waals surface area contributed by atoms with Gasteiger partial charge in [0, 0.05) is 10.0 Å². The molecule has 200 valence electrons. The van der Waals surface area contributed by atoms with E-state index >= 15 is 0 Å². The van der Waals surface area contributed by atoms with Gasteiger partial charge in [0.25, 0.3) is 0 Å². The van der Waals surface area contributed by atoms with Crippen molar-refractivity contribution in [1.82, 2.24) is 0 Å². The molecule has 2 unspecified atom stereocenters. The minimum atomic E-state index is -3.95. The molecule has 0 heterocycles. The van der Waals surface area contributed by atoms with Gasteiger partial charge in [0.1, 0.15) is 10.5 Å². The van der Waals surface area contributed by atoms with E-state index < -0.39 is 20.3 Å². The van der Waals surface area contributed by atoms with Crippen molar-refractivity contribution in [3.8, 4) is 0 Å². The number of halogens is 6. The predicted molar refractivity (Wildman–Crippen MR) is 168 cm³/mol. The molecule has 0 fully saturated rings. The lowest BCUT2D eigenvalue weighted by Crippen LogP contribution is -2.19. The zero-order chi connectivity index (χ0) is 28.2. The number of sulfone groups is 1. The highest BCUT2D eigenvalue weighted by molar-refractivity contribution is 7.92. The lowest BCUT2D eigenvalue weighted by atomic mass is 10.1. The molecule has 4 rings (SSSR count). The summed E-state index contributed by atoms with van der Waals surface area (Å²) < 4.78 is 28.8. The Hall–Kier alpha value is -1.95. The Labute approximate surface area is 258 Å². The molecule has 39 heavy (non-hydrogen) atoms. The minimum absolute atomic E-state index is 0.369. The maximum absolute atomic E-state index is 14.4. The number of hydrogen-bond donors (Lipinski definition) is 0. The van der Waals surface area contributed by atoms with Crippen LogP contribution < -0.4 is 0 Å². The van der Waals surface area contributed by atoms with Crippen molar-refractivity contribution in [2.24, 2.45) is 0 Å². The van der Waals surface area contributed by atoms with Crippen LogP contribution in [-0.2, 0) is 9.84 Å². The molecule has 0 amide bonds. The van der Waals surface area contributed by atoms with Crippen LogP contribution >= 0.6 is 69.6 Å². The second-order valence-electron chi connectivity index (χ2n) is 8.60. The first-order chi connectivity index (χ1) is 18.5. The van der Waals surface area contributed by atoms with Crippen LogP contribution in [0.4, 0.5) is 0 Å². The van der Waals surface area contributed by atoms with Gasteiger partial charge in [-0.1, -0.05) is 130 Å². The van der Waals surface area contributed by atoms with Crippen molar-refractivity contribution in [2.45, 2.75) is 10.5 Å². The van der Waals surface area contributed by atoms with Crippen LogP contribution in [-0.4, -0.2) is 8.42 Å². The van der Waals surface area contributed by atoms with Gasteiger partial charge in [0.2, 0.25) is 0 Å². The molecule has 0 aliphatic heterocycles. The standard InChI is InChI=1S/C30H20Cl6O2S/c31-23-9-5-21(6-10-23)29(15-3-19-1-13-25(33)27(35)17-19)39(37,38)30(22-7-11-24(32)12-8-22)16-4-20-2-14-26(34)28(36)18-20/h1-18,29-30H/b15-3+,16-4+. The smallest absolute Gasteiger partial charge is 0.171 e. The summed E-state index contributed by atoms with van der Waals surface area (Å²) in [6.45, 7) is 0. The molecule has 0 aromatic heterocycles. The largest absolute Gasteiger partial charge is 0.227 e. The number of hydrogen-bond acceptors (Lipinski definition) is 2. The monoisotopic (exact) mass is 654 g/mol. The van der Waals surface area contributed by atoms with Gasteiger partial charge in [0.15, 0.2) is 9.84 Å². The van der Waals surface area contributed by atoms with E-state index in [9.17, 15) is 8.42 Å². The van der Waals surface area contributed by atoms with Gasteiger partial charge < -0.3 is 0 Å². The molecule has 4 aromatic carbocycles. The summed E-state index contributed by atoms with van der Waals surface area (Å²) in [5.41, 5.74) is 2.51. The Balaban J connectivity index is 1.83. The molecule has 9 heteroatoms. The van der Waals surface area contributed by atoms with E-state index in [1.807, 2.05) is 0 Å². The fraction of sp³-hybridized carbons (Fsp3) is 0.0667. The van der Waals surface area contributed by atoms with Crippen molar-refractivity contribution in [2.75, 3.05) is 0 Å². The summed E-state index contributed by atoms with van der Waals surface area (Å²) in [5, 5.41) is 0.499. The van der Waals surface area contributed by atoms with Crippen molar-refractivity contribution in [3.63, 3.8) is 0 Å². The molecular weight excluding hydrogens is 637 g/mol. The minimum Gasteiger partial charge on any atom is -0.227 e. The molecular formula is C30H20Cl6O2S. The van der Waals surface area contributed by atoms with Gasteiger partial charge in [-0.3, -0.25) is 0 Å². The van der Waals surface area contributed by atoms with Crippen molar-refractivity contribution >= 4 is 91.6 Å². The zero-order valence-electron chi connectivity index (χ0n) is 20.0. The third kappa shape index (κ3) is 7.62. The highest BCUT2D eigenvalue weighted by Crippen LogP contribution is 2.38. The highest BCUT2D eigenvalue weighted by atomic mass is 35.5. The third-order valence-corrected chi connectivity index (χ3v) is 10.2. The van der Waals surface area contributed by atoms with Gasteiger partial charge >= 0.3 is 0 Å². The maximum Gasteiger partial charge on any atom is 0.171 e. The lowest BCUT2D eigenvalue weighted by Gasteiger charge is -2.22. The summed E-state index contributed by atoms with van der Waals surface area (Å²) in [6.07, 6.45) is 6.68. The van der Waals surface area contributed by atoms with Crippen LogP contribution in [0.2, 0.25) is 30.1 Å². The van der Waals surface area contributed by atoms with Crippen LogP contribution in [0.1, 0.15) is 32.8 Å². The van der Waals surface area contributed by atoms with E-state index in [1.54, 1.807) is 109 Å². The summed E-state index contributed by atoms with van der Waals surface area (Å²) in [7, 11) is -3.95. The third-order valence-electron chi connectivity index (χ3n) is 5.92. The SMILES string of the molecule is O=S(=O)(C(/C=C/c1ccc(Cl)c(Cl)c1)c1ccc(Cl)cc1)C(/C=C/c1ccc(Cl)c(Cl)c1)c1ccc(Cl)cc1. The summed E-state index contributed by atoms with van der Waals surface area (Å²) in [6, 6.07) is 23.6. The predicted octanol–water partition coefficient (Wildman–Crippen LogP) is 11.2. The average molecular weight is 657 g/mol. The summed E-state index contributed by atoms with van der Waals surface area (Å²) in [5.74, 6) is 0. The van der Waals surface area contributed by atoms with E-state index in [2.05, 4.69) is 0 Å². The molecule has 0 radical (unpaired) electrons. The van der Waals surface area contributed by atoms with Gasteiger partial charge in [-0.15, -0.1) is 0 Å². The molecule has 2 nitrogen and oxygen atoms in total. The number of benzene rings is 4. The molecule has 4 aromatic rings. The quantitative estimate of drug-likeness (QED) is 0.189. The Kier molecular flexibility index (Phi) is 10.1. The molecule has 0 aliphatic rings. The van der Waals surface area contributed by atoms with Gasteiger partial charge in [0.05, 0.1) is 20.1 Å². The first kappa shape index (κ1) is 30.0. The van der Waals surface area contributed by atoms with E-state index in [4.69, 9.17) is 69.6 Å². The van der Waals surface area contributed by atoms with Crippen molar-refractivity contribution in [1.29, 1.82) is 0 Å². The summed E-state index contributed by atoms with van der Waals surface area (Å²) in [4.78, 5) is 0. The highest BCUT2D eigenvalue weighted by Gasteiger charge is 2.33. The van der Waals surface area contributed by atoms with Crippen LogP contribution in [0.5, 0.6) is 0 Å². The molecule has 0 aliphatic carbocycles. The van der Waals surface area contributed by atoms with Crippen molar-refractivity contribution < 1.29 is 8.42 Å². The number of rotatable bonds is 8. The molecule has 0 bridgehead atoms. The second-order valence-corrected chi connectivity index (χ2v) is 13.3. The Morgan fingerprint density at radius 2 is 0.846 bits per heavy atom. The van der Waals surface area contributed by atoms with Crippen LogP contribution in [0, 0.1) is 0 Å². The maximum atomic E-state index is 14.4. The van der Waals surface area contributed by atoms with E-state index in [-0.39, 0.29) is 0 Å². The zero-order valence-corrected chi connectivity index (χ0v) is 25.4. The lowest BCUT2D eigenvalue weighted by molar-refractivity contribution is 0.584. The van der Waals surface area contributed by atoms with Crippen LogP contribution in [0.25, 0.3) is 12.2 Å². The van der Waals surface area contributed by atoms with Gasteiger partial charge in [-0.25, -0.2) is 8.42 Å². The Bertz CT molecular complexity index is 1510. The molecule has 0 spiro atoms. The Morgan fingerprint density at radius 3 is 1.18 bits per heavy atom. The van der Waals surface area contributed by atoms with E-state index in [0.717, 1.165) is 0 Å². The first-order valence-corrected chi connectivity index (χ1v) is 15.4. The first-order valence-electron chi connectivity index (χ1n) is 11.5.